The third-order valence-corrected chi connectivity index (χ3v) is 2.98. The molecule has 0 aliphatic carbocycles. The number of carboxylic acid groups (broad SMARTS) is 1. The number of hydrogen-bond acceptors (Lipinski definition) is 5. The number of halogens is 1. The van der Waals surface area contributed by atoms with Gasteiger partial charge in [-0.2, -0.15) is 0 Å². The minimum atomic E-state index is -1.20. The van der Waals surface area contributed by atoms with Crippen LogP contribution in [0.3, 0.4) is 0 Å². The maximum Gasteiger partial charge on any atom is 0.339 e. The number of nitrogens with one attached hydrogen (secondary N) is 1. The molecule has 1 aliphatic rings. The Morgan fingerprint density at radius 3 is 2.84 bits per heavy atom. The monoisotopic (exact) mass is 283 g/mol. The molecule has 1 unspecified atom stereocenters. The first-order valence-electron chi connectivity index (χ1n) is 5.40. The molecule has 100 valence electrons. The van der Waals surface area contributed by atoms with Crippen LogP contribution in [0.25, 0.3) is 0 Å². The van der Waals surface area contributed by atoms with Gasteiger partial charge in [0.05, 0.1) is 6.54 Å². The van der Waals surface area contributed by atoms with Crippen LogP contribution in [-0.4, -0.2) is 40.5 Å². The number of rotatable bonds is 2. The molecule has 1 fully saturated rings. The Morgan fingerprint density at radius 2 is 2.21 bits per heavy atom. The summed E-state index contributed by atoms with van der Waals surface area (Å²) >= 11 is 5.75. The minimum absolute atomic E-state index is 0.00991. The van der Waals surface area contributed by atoms with Gasteiger partial charge in [-0.25, -0.2) is 9.78 Å². The Bertz CT molecular complexity index is 575. The summed E-state index contributed by atoms with van der Waals surface area (Å²) in [4.78, 5) is 39.3. The molecule has 2 amide bonds. The summed E-state index contributed by atoms with van der Waals surface area (Å²) in [6.07, 6.45) is 0. The van der Waals surface area contributed by atoms with Gasteiger partial charge in [0, 0.05) is 0 Å². The Balaban J connectivity index is 2.50. The zero-order valence-electron chi connectivity index (χ0n) is 9.88. The summed E-state index contributed by atoms with van der Waals surface area (Å²) in [5, 5.41) is 11.4. The number of amides is 2. The van der Waals surface area contributed by atoms with Crippen molar-refractivity contribution in [3.8, 4) is 0 Å². The third kappa shape index (κ3) is 2.50. The van der Waals surface area contributed by atoms with Crippen molar-refractivity contribution in [2.75, 3.05) is 11.4 Å². The van der Waals surface area contributed by atoms with Crippen LogP contribution in [-0.2, 0) is 9.59 Å². The van der Waals surface area contributed by atoms with Crippen molar-refractivity contribution in [3.05, 3.63) is 22.8 Å². The van der Waals surface area contributed by atoms with Gasteiger partial charge in [0.25, 0.3) is 0 Å². The Kier molecular flexibility index (Phi) is 3.39. The van der Waals surface area contributed by atoms with Crippen LogP contribution in [0.2, 0.25) is 5.15 Å². The fourth-order valence-corrected chi connectivity index (χ4v) is 1.93. The zero-order chi connectivity index (χ0) is 14.2. The van der Waals surface area contributed by atoms with E-state index >= 15 is 0 Å². The molecule has 0 spiro atoms. The molecular formula is C11H10ClN3O4. The second kappa shape index (κ2) is 4.85. The summed E-state index contributed by atoms with van der Waals surface area (Å²) in [6.45, 7) is 1.40. The highest BCUT2D eigenvalue weighted by atomic mass is 35.5. The molecule has 1 aromatic heterocycles. The number of nitrogens with zero attached hydrogens (tertiary/aromatic N) is 2. The van der Waals surface area contributed by atoms with Crippen molar-refractivity contribution in [1.29, 1.82) is 0 Å². The molecule has 0 saturated carbocycles. The molecule has 7 nitrogen and oxygen atoms in total. The van der Waals surface area contributed by atoms with Gasteiger partial charge in [-0.3, -0.25) is 14.9 Å². The van der Waals surface area contributed by atoms with Gasteiger partial charge >= 0.3 is 5.97 Å². The average Bonchev–Trinajstić information content (AvgIpc) is 2.33. The van der Waals surface area contributed by atoms with Crippen molar-refractivity contribution in [1.82, 2.24) is 10.3 Å². The van der Waals surface area contributed by atoms with Crippen molar-refractivity contribution in [2.24, 2.45) is 0 Å². The molecule has 2 heterocycles. The lowest BCUT2D eigenvalue weighted by molar-refractivity contribution is -0.132. The number of aromatic carboxylic acids is 1. The average molecular weight is 284 g/mol. The van der Waals surface area contributed by atoms with Gasteiger partial charge in [-0.15, -0.1) is 0 Å². The maximum absolute atomic E-state index is 11.6. The topological polar surface area (TPSA) is 99.6 Å². The SMILES string of the molecule is CC1C(=O)NC(=O)CN1c1nc(Cl)ccc1C(=O)O. The highest BCUT2D eigenvalue weighted by Gasteiger charge is 2.33. The smallest absolute Gasteiger partial charge is 0.339 e. The van der Waals surface area contributed by atoms with Crippen LogP contribution in [0.1, 0.15) is 17.3 Å². The van der Waals surface area contributed by atoms with Crippen LogP contribution >= 0.6 is 11.6 Å². The van der Waals surface area contributed by atoms with Gasteiger partial charge in [-0.1, -0.05) is 11.6 Å². The van der Waals surface area contributed by atoms with E-state index < -0.39 is 23.8 Å². The molecule has 2 N–H and O–H groups in total. The Hall–Kier alpha value is -2.15. The van der Waals surface area contributed by atoms with Gasteiger partial charge in [0.2, 0.25) is 11.8 Å². The van der Waals surface area contributed by atoms with Crippen molar-refractivity contribution >= 4 is 35.2 Å². The molecule has 0 radical (unpaired) electrons. The van der Waals surface area contributed by atoms with Crippen molar-refractivity contribution in [3.63, 3.8) is 0 Å². The second-order valence-electron chi connectivity index (χ2n) is 4.03. The summed E-state index contributed by atoms with van der Waals surface area (Å²) in [5.41, 5.74) is -0.112. The fourth-order valence-electron chi connectivity index (χ4n) is 1.78. The number of carbonyl (C=O) groups excluding carboxylic acids is 2. The highest BCUT2D eigenvalue weighted by molar-refractivity contribution is 6.29. The van der Waals surface area contributed by atoms with E-state index in [1.807, 2.05) is 0 Å². The Labute approximate surface area is 113 Å². The summed E-state index contributed by atoms with van der Waals surface area (Å²) < 4.78 is 0. The number of pyridine rings is 1. The molecule has 1 saturated heterocycles. The first-order chi connectivity index (χ1) is 8.90. The largest absolute Gasteiger partial charge is 0.478 e. The molecular weight excluding hydrogens is 274 g/mol. The van der Waals surface area contributed by atoms with Crippen LogP contribution < -0.4 is 10.2 Å². The van der Waals surface area contributed by atoms with Crippen LogP contribution in [0.5, 0.6) is 0 Å². The lowest BCUT2D eigenvalue weighted by Crippen LogP contribution is -2.57. The molecule has 19 heavy (non-hydrogen) atoms. The number of hydrogen-bond donors (Lipinski definition) is 2. The standard InChI is InChI=1S/C11H10ClN3O4/c1-5-10(17)14-8(16)4-15(5)9-6(11(18)19)2-3-7(12)13-9/h2-3,5H,4H2,1H3,(H,18,19)(H,14,16,17). The lowest BCUT2D eigenvalue weighted by atomic mass is 10.1. The predicted octanol–water partition coefficient (Wildman–Crippen LogP) is 0.284. The first kappa shape index (κ1) is 13.3. The van der Waals surface area contributed by atoms with Crippen LogP contribution in [0, 0.1) is 0 Å². The summed E-state index contributed by atoms with van der Waals surface area (Å²) in [7, 11) is 0. The number of piperazine rings is 1. The normalized spacial score (nSPS) is 19.3. The summed E-state index contributed by atoms with van der Waals surface area (Å²) in [6, 6.07) is 1.92. The predicted molar refractivity (Wildman–Crippen MR) is 66.2 cm³/mol. The van der Waals surface area contributed by atoms with E-state index in [1.165, 1.54) is 17.0 Å². The van der Waals surface area contributed by atoms with E-state index in [-0.39, 0.29) is 23.1 Å². The highest BCUT2D eigenvalue weighted by Crippen LogP contribution is 2.24. The van der Waals surface area contributed by atoms with Crippen molar-refractivity contribution < 1.29 is 19.5 Å². The van der Waals surface area contributed by atoms with Gasteiger partial charge in [0.15, 0.2) is 0 Å². The van der Waals surface area contributed by atoms with E-state index in [4.69, 9.17) is 16.7 Å². The number of carbonyl (C=O) groups is 3. The first-order valence-corrected chi connectivity index (χ1v) is 5.78. The quantitative estimate of drug-likeness (QED) is 0.597. The fraction of sp³-hybridized carbons (Fsp3) is 0.273. The molecule has 2 rings (SSSR count). The minimum Gasteiger partial charge on any atom is -0.478 e. The third-order valence-electron chi connectivity index (χ3n) is 2.77. The van der Waals surface area contributed by atoms with Crippen LogP contribution in [0.15, 0.2) is 12.1 Å². The van der Waals surface area contributed by atoms with E-state index in [9.17, 15) is 14.4 Å². The molecule has 1 aromatic rings. The molecule has 0 bridgehead atoms. The number of anilines is 1. The van der Waals surface area contributed by atoms with Gasteiger partial charge in [-0.05, 0) is 19.1 Å². The second-order valence-corrected chi connectivity index (χ2v) is 4.41. The Morgan fingerprint density at radius 1 is 1.53 bits per heavy atom. The van der Waals surface area contributed by atoms with Gasteiger partial charge in [0.1, 0.15) is 22.6 Å². The number of imide groups is 1. The van der Waals surface area contributed by atoms with E-state index in [1.54, 1.807) is 6.92 Å². The zero-order valence-corrected chi connectivity index (χ0v) is 10.6. The lowest BCUT2D eigenvalue weighted by Gasteiger charge is -2.33. The maximum atomic E-state index is 11.6. The van der Waals surface area contributed by atoms with E-state index in [0.29, 0.717) is 0 Å². The van der Waals surface area contributed by atoms with E-state index in [0.717, 1.165) is 0 Å². The molecule has 0 aromatic carbocycles. The number of carboxylic acids is 1. The number of aromatic nitrogens is 1. The summed E-state index contributed by atoms with van der Waals surface area (Å²) in [5.74, 6) is -2.21. The molecule has 1 atom stereocenters. The van der Waals surface area contributed by atoms with Gasteiger partial charge < -0.3 is 10.0 Å². The molecule has 1 aliphatic heterocycles. The van der Waals surface area contributed by atoms with E-state index in [2.05, 4.69) is 10.3 Å². The molecule has 8 heteroatoms. The van der Waals surface area contributed by atoms with Crippen LogP contribution in [0.4, 0.5) is 5.82 Å². The van der Waals surface area contributed by atoms with Crippen molar-refractivity contribution in [2.45, 2.75) is 13.0 Å².